The Balaban J connectivity index is 0.000000232. The van der Waals surface area contributed by atoms with Crippen molar-refractivity contribution in [3.05, 3.63) is 135 Å². The molecule has 6 aromatic rings. The van der Waals surface area contributed by atoms with E-state index in [1.807, 2.05) is 123 Å². The summed E-state index contributed by atoms with van der Waals surface area (Å²) in [7, 11) is 3.19. The van der Waals surface area contributed by atoms with E-state index in [0.29, 0.717) is 40.2 Å². The molecule has 0 amide bonds. The number of rotatable bonds is 14. The number of carbonyl (C=O) groups is 5. The van der Waals surface area contributed by atoms with Gasteiger partial charge in [-0.1, -0.05) is 78.0 Å². The first-order valence-corrected chi connectivity index (χ1v) is 20.6. The molecule has 60 heavy (non-hydrogen) atoms. The van der Waals surface area contributed by atoms with Gasteiger partial charge in [-0.15, -0.1) is 0 Å². The number of ketones is 4. The van der Waals surface area contributed by atoms with E-state index in [1.54, 1.807) is 50.9 Å². The van der Waals surface area contributed by atoms with Gasteiger partial charge in [-0.25, -0.2) is 0 Å². The number of halogens is 1. The summed E-state index contributed by atoms with van der Waals surface area (Å²) >= 11 is 2.21. The Labute approximate surface area is 364 Å². The minimum atomic E-state index is -0.832. The van der Waals surface area contributed by atoms with E-state index in [1.165, 1.54) is 0 Å². The zero-order chi connectivity index (χ0) is 43.9. The quantitative estimate of drug-likeness (QED) is 0.0843. The number of ether oxygens (including phenoxy) is 2. The first kappa shape index (κ1) is 45.3. The lowest BCUT2D eigenvalue weighted by atomic mass is 9.91. The molecule has 0 fully saturated rings. The molecule has 0 spiro atoms. The summed E-state index contributed by atoms with van der Waals surface area (Å²) in [5.74, 6) is 0.510. The third-order valence-corrected chi connectivity index (χ3v) is 10.8. The number of Topliss-reactive ketones (excluding diaryl/α,β-unsaturated/α-hetero) is 2. The molecule has 0 atom stereocenters. The Morgan fingerprint density at radius 3 is 1.43 bits per heavy atom. The first-order valence-electron chi connectivity index (χ1n) is 19.5. The van der Waals surface area contributed by atoms with E-state index < -0.39 is 16.8 Å². The summed E-state index contributed by atoms with van der Waals surface area (Å²) in [5.41, 5.74) is 3.83. The van der Waals surface area contributed by atoms with E-state index in [0.717, 1.165) is 30.9 Å². The minimum absolute atomic E-state index is 0.0523. The normalized spacial score (nSPS) is 11.7. The molecule has 0 unspecified atom stereocenters. The van der Waals surface area contributed by atoms with E-state index in [2.05, 4.69) is 22.6 Å². The Hall–Kier alpha value is -5.82. The zero-order valence-electron chi connectivity index (χ0n) is 35.3. The zero-order valence-corrected chi connectivity index (χ0v) is 37.5. The van der Waals surface area contributed by atoms with E-state index in [-0.39, 0.29) is 42.6 Å². The van der Waals surface area contributed by atoms with E-state index in [4.69, 9.17) is 14.6 Å². The summed E-state index contributed by atoms with van der Waals surface area (Å²) in [6.45, 7) is 11.7. The number of carboxylic acid groups (broad SMARTS) is 1. The van der Waals surface area contributed by atoms with Crippen LogP contribution >= 0.6 is 22.6 Å². The van der Waals surface area contributed by atoms with E-state index >= 15 is 0 Å². The fraction of sp³-hybridized carbons (Fsp3) is 0.286. The minimum Gasteiger partial charge on any atom is -0.497 e. The lowest BCUT2D eigenvalue weighted by molar-refractivity contribution is -0.137. The van der Waals surface area contributed by atoms with Crippen LogP contribution in [0.1, 0.15) is 91.8 Å². The largest absolute Gasteiger partial charge is 0.497 e. The Morgan fingerprint density at radius 2 is 1.05 bits per heavy atom. The number of carbonyl (C=O) groups excluding carboxylic acids is 4. The fourth-order valence-electron chi connectivity index (χ4n) is 6.29. The SMILES string of the molecule is COc1ccc2c(C(=O)c3ccc(/C=C/CCC(=O)O)cc3)cn(CC(=O)C(C)(C)C)c2c1.COc1ccc2c(C(=O)c3ccc(I)cc3)cn(CC(=O)C(C)(C)C)c2c1. The van der Waals surface area contributed by atoms with Crippen LogP contribution in [0.25, 0.3) is 27.9 Å². The topological polar surface area (TPSA) is 134 Å². The van der Waals surface area contributed by atoms with Crippen molar-refractivity contribution < 1.29 is 38.6 Å². The van der Waals surface area contributed by atoms with Gasteiger partial charge < -0.3 is 23.7 Å². The molecule has 312 valence electrons. The first-order chi connectivity index (χ1) is 28.3. The molecule has 0 saturated carbocycles. The van der Waals surface area contributed by atoms with Crippen molar-refractivity contribution in [1.82, 2.24) is 9.13 Å². The highest BCUT2D eigenvalue weighted by molar-refractivity contribution is 14.1. The second kappa shape index (κ2) is 19.1. The predicted octanol–water partition coefficient (Wildman–Crippen LogP) is 10.5. The molecular formula is C49H51IN2O8. The Kier molecular flexibility index (Phi) is 14.4. The van der Waals surface area contributed by atoms with Gasteiger partial charge in [-0.2, -0.15) is 0 Å². The third kappa shape index (κ3) is 11.1. The summed E-state index contributed by atoms with van der Waals surface area (Å²) < 4.78 is 15.4. The molecule has 2 aromatic heterocycles. The van der Waals surface area contributed by atoms with Crippen LogP contribution in [-0.4, -0.2) is 57.6 Å². The number of allylic oxidation sites excluding steroid dienone is 1. The van der Waals surface area contributed by atoms with Crippen LogP contribution in [0.2, 0.25) is 0 Å². The van der Waals surface area contributed by atoms with Crippen molar-refractivity contribution in [2.45, 2.75) is 67.5 Å². The predicted molar refractivity (Wildman–Crippen MR) is 244 cm³/mol. The van der Waals surface area contributed by atoms with Gasteiger partial charge in [0.25, 0.3) is 0 Å². The molecule has 0 bridgehead atoms. The third-order valence-electron chi connectivity index (χ3n) is 10.1. The number of aliphatic carboxylic acids is 1. The molecule has 0 radical (unpaired) electrons. The highest BCUT2D eigenvalue weighted by Gasteiger charge is 2.26. The number of hydrogen-bond acceptors (Lipinski definition) is 7. The van der Waals surface area contributed by atoms with Gasteiger partial charge in [0, 0.05) is 78.4 Å². The van der Waals surface area contributed by atoms with Crippen LogP contribution < -0.4 is 9.47 Å². The van der Waals surface area contributed by atoms with Crippen molar-refractivity contribution in [3.63, 3.8) is 0 Å². The van der Waals surface area contributed by atoms with Gasteiger partial charge in [0.2, 0.25) is 0 Å². The summed E-state index contributed by atoms with van der Waals surface area (Å²) in [5, 5.41) is 10.3. The highest BCUT2D eigenvalue weighted by Crippen LogP contribution is 2.31. The van der Waals surface area contributed by atoms with Crippen molar-refractivity contribution in [2.75, 3.05) is 14.2 Å². The van der Waals surface area contributed by atoms with Crippen molar-refractivity contribution >= 4 is 79.6 Å². The molecule has 0 aliphatic carbocycles. The Morgan fingerprint density at radius 1 is 0.633 bits per heavy atom. The van der Waals surface area contributed by atoms with Gasteiger partial charge in [0.05, 0.1) is 38.3 Å². The van der Waals surface area contributed by atoms with Gasteiger partial charge in [0.1, 0.15) is 11.5 Å². The van der Waals surface area contributed by atoms with Crippen molar-refractivity contribution in [1.29, 1.82) is 0 Å². The highest BCUT2D eigenvalue weighted by atomic mass is 127. The smallest absolute Gasteiger partial charge is 0.303 e. The molecule has 0 saturated heterocycles. The number of fused-ring (bicyclic) bond motifs is 2. The number of carboxylic acids is 1. The number of aromatic nitrogens is 2. The molecule has 6 rings (SSSR count). The van der Waals surface area contributed by atoms with Crippen LogP contribution in [0.5, 0.6) is 11.5 Å². The number of hydrogen-bond donors (Lipinski definition) is 1. The van der Waals surface area contributed by atoms with E-state index in [9.17, 15) is 24.0 Å². The standard InChI is InChI=1S/C27H29NO5.C22H22INO3/c1-27(2,3)24(29)17-28-16-22(21-14-13-20(33-4)15-23(21)28)26(32)19-11-9-18(10-12-19)7-5-6-8-25(30)31;1-22(2,3)20(25)13-24-12-18(17-10-9-16(27-4)11-19(17)24)21(26)14-5-7-15(23)8-6-14/h5,7,9-16H,6,8,17H2,1-4H3,(H,30,31);5-12H,13H2,1-4H3/b7-5+;. The van der Waals surface area contributed by atoms with Crippen LogP contribution in [-0.2, 0) is 27.5 Å². The Bertz CT molecular complexity index is 2580. The maximum Gasteiger partial charge on any atom is 0.303 e. The lowest BCUT2D eigenvalue weighted by Crippen LogP contribution is -2.24. The van der Waals surface area contributed by atoms with Crippen LogP contribution in [0.3, 0.4) is 0 Å². The molecule has 0 aliphatic heterocycles. The van der Waals surface area contributed by atoms with Crippen molar-refractivity contribution in [3.8, 4) is 11.5 Å². The number of nitrogens with zero attached hydrogens (tertiary/aromatic N) is 2. The lowest BCUT2D eigenvalue weighted by Gasteiger charge is -2.17. The van der Waals surface area contributed by atoms with Crippen LogP contribution in [0.15, 0.2) is 103 Å². The molecule has 0 aliphatic rings. The fourth-order valence-corrected chi connectivity index (χ4v) is 6.65. The summed E-state index contributed by atoms with van der Waals surface area (Å²) in [4.78, 5) is 62.3. The number of methoxy groups -OCH3 is 2. The maximum atomic E-state index is 13.3. The van der Waals surface area contributed by atoms with Gasteiger partial charge in [-0.05, 0) is 83.1 Å². The second-order valence-electron chi connectivity index (χ2n) is 16.6. The van der Waals surface area contributed by atoms with Crippen LogP contribution in [0, 0.1) is 14.4 Å². The van der Waals surface area contributed by atoms with Gasteiger partial charge >= 0.3 is 5.97 Å². The van der Waals surface area contributed by atoms with Gasteiger partial charge in [-0.3, -0.25) is 24.0 Å². The average molecular weight is 923 g/mol. The molecule has 11 heteroatoms. The molecule has 4 aromatic carbocycles. The summed E-state index contributed by atoms with van der Waals surface area (Å²) in [6.07, 6.45) is 7.71. The second-order valence-corrected chi connectivity index (χ2v) is 17.8. The monoisotopic (exact) mass is 922 g/mol. The maximum absolute atomic E-state index is 13.3. The molecular weight excluding hydrogens is 871 g/mol. The molecule has 2 heterocycles. The van der Waals surface area contributed by atoms with Crippen molar-refractivity contribution in [2.24, 2.45) is 10.8 Å². The molecule has 1 N–H and O–H groups in total. The summed E-state index contributed by atoms with van der Waals surface area (Å²) in [6, 6.07) is 25.7. The number of benzene rings is 4. The molecule has 10 nitrogen and oxygen atoms in total. The van der Waals surface area contributed by atoms with Gasteiger partial charge in [0.15, 0.2) is 23.1 Å². The average Bonchev–Trinajstić information content (AvgIpc) is 3.76. The van der Waals surface area contributed by atoms with Crippen LogP contribution in [0.4, 0.5) is 0 Å².